The molecule has 0 bridgehead atoms. The zero-order valence-electron chi connectivity index (χ0n) is 9.74. The van der Waals surface area contributed by atoms with E-state index >= 15 is 0 Å². The standard InChI is InChI=1S/C12H15ClFNO2/c1-3-8(12(16)17-2)11(15)7-4-5-10(14)9(13)6-7/h4-6,8,11H,3,15H2,1-2H3. The summed E-state index contributed by atoms with van der Waals surface area (Å²) in [5.74, 6) is -1.34. The molecule has 0 heterocycles. The Balaban J connectivity index is 2.97. The Hall–Kier alpha value is -1.13. The van der Waals surface area contributed by atoms with Gasteiger partial charge in [-0.15, -0.1) is 0 Å². The highest BCUT2D eigenvalue weighted by atomic mass is 35.5. The van der Waals surface area contributed by atoms with Gasteiger partial charge < -0.3 is 10.5 Å². The smallest absolute Gasteiger partial charge is 0.310 e. The molecule has 2 atom stereocenters. The van der Waals surface area contributed by atoms with E-state index in [1.165, 1.54) is 25.3 Å². The van der Waals surface area contributed by atoms with Crippen LogP contribution in [-0.4, -0.2) is 13.1 Å². The van der Waals surface area contributed by atoms with Gasteiger partial charge in [-0.1, -0.05) is 24.6 Å². The van der Waals surface area contributed by atoms with Gasteiger partial charge in [0.05, 0.1) is 18.1 Å². The van der Waals surface area contributed by atoms with E-state index in [0.29, 0.717) is 12.0 Å². The average molecular weight is 260 g/mol. The molecule has 3 nitrogen and oxygen atoms in total. The Morgan fingerprint density at radius 1 is 1.59 bits per heavy atom. The molecule has 0 spiro atoms. The first-order valence-electron chi connectivity index (χ1n) is 5.29. The van der Waals surface area contributed by atoms with Crippen LogP contribution in [0.2, 0.25) is 5.02 Å². The summed E-state index contributed by atoms with van der Waals surface area (Å²) in [6.07, 6.45) is 0.544. The zero-order chi connectivity index (χ0) is 13.0. The van der Waals surface area contributed by atoms with Gasteiger partial charge in [0.1, 0.15) is 5.82 Å². The van der Waals surface area contributed by atoms with Crippen LogP contribution in [-0.2, 0) is 9.53 Å². The van der Waals surface area contributed by atoms with Crippen molar-refractivity contribution in [3.05, 3.63) is 34.6 Å². The summed E-state index contributed by atoms with van der Waals surface area (Å²) >= 11 is 5.67. The third kappa shape index (κ3) is 3.17. The number of ether oxygens (including phenoxy) is 1. The van der Waals surface area contributed by atoms with E-state index in [-0.39, 0.29) is 11.0 Å². The summed E-state index contributed by atoms with van der Waals surface area (Å²) in [5, 5.41) is -0.00216. The van der Waals surface area contributed by atoms with E-state index in [1.807, 2.05) is 6.92 Å². The fraction of sp³-hybridized carbons (Fsp3) is 0.417. The summed E-state index contributed by atoms with van der Waals surface area (Å²) in [6.45, 7) is 1.84. The highest BCUT2D eigenvalue weighted by Gasteiger charge is 2.26. The Bertz CT molecular complexity index is 411. The molecule has 0 saturated carbocycles. The number of hydrogen-bond acceptors (Lipinski definition) is 3. The van der Waals surface area contributed by atoms with E-state index in [1.54, 1.807) is 0 Å². The van der Waals surface area contributed by atoms with Gasteiger partial charge in [-0.25, -0.2) is 4.39 Å². The summed E-state index contributed by atoms with van der Waals surface area (Å²) in [5.41, 5.74) is 6.58. The zero-order valence-corrected chi connectivity index (χ0v) is 10.5. The number of hydrogen-bond donors (Lipinski definition) is 1. The maximum atomic E-state index is 13.0. The molecule has 2 unspecified atom stereocenters. The van der Waals surface area contributed by atoms with Gasteiger partial charge in [0.15, 0.2) is 0 Å². The van der Waals surface area contributed by atoms with Gasteiger partial charge in [-0.3, -0.25) is 4.79 Å². The van der Waals surface area contributed by atoms with E-state index in [0.717, 1.165) is 0 Å². The number of nitrogens with two attached hydrogens (primary N) is 1. The molecule has 0 aliphatic rings. The molecule has 0 aliphatic heterocycles. The molecule has 0 aromatic heterocycles. The predicted octanol–water partition coefficient (Wildman–Crippen LogP) is 2.68. The average Bonchev–Trinajstić information content (AvgIpc) is 2.33. The van der Waals surface area contributed by atoms with Crippen molar-refractivity contribution < 1.29 is 13.9 Å². The van der Waals surface area contributed by atoms with Crippen molar-refractivity contribution in [2.24, 2.45) is 11.7 Å². The molecule has 0 amide bonds. The minimum absolute atomic E-state index is 0.00216. The Morgan fingerprint density at radius 2 is 2.24 bits per heavy atom. The molecule has 2 N–H and O–H groups in total. The minimum atomic E-state index is -0.550. The number of halogens is 2. The first-order valence-corrected chi connectivity index (χ1v) is 5.67. The van der Waals surface area contributed by atoms with Gasteiger partial charge in [-0.2, -0.15) is 0 Å². The lowest BCUT2D eigenvalue weighted by Gasteiger charge is -2.20. The van der Waals surface area contributed by atoms with E-state index in [9.17, 15) is 9.18 Å². The second-order valence-corrected chi connectivity index (χ2v) is 4.14. The Morgan fingerprint density at radius 3 is 2.71 bits per heavy atom. The number of methoxy groups -OCH3 is 1. The van der Waals surface area contributed by atoms with Crippen LogP contribution in [0, 0.1) is 11.7 Å². The summed E-state index contributed by atoms with van der Waals surface area (Å²) in [7, 11) is 1.31. The van der Waals surface area contributed by atoms with Gasteiger partial charge in [0, 0.05) is 6.04 Å². The largest absolute Gasteiger partial charge is 0.469 e. The lowest BCUT2D eigenvalue weighted by Crippen LogP contribution is -2.28. The van der Waals surface area contributed by atoms with Crippen LogP contribution in [0.15, 0.2) is 18.2 Å². The minimum Gasteiger partial charge on any atom is -0.469 e. The second-order valence-electron chi connectivity index (χ2n) is 3.74. The maximum Gasteiger partial charge on any atom is 0.310 e. The number of carbonyl (C=O) groups excluding carboxylic acids is 1. The SMILES string of the molecule is CCC(C(=O)OC)C(N)c1ccc(F)c(Cl)c1. The molecule has 17 heavy (non-hydrogen) atoms. The van der Waals surface area contributed by atoms with Crippen LogP contribution in [0.3, 0.4) is 0 Å². The highest BCUT2D eigenvalue weighted by Crippen LogP contribution is 2.26. The van der Waals surface area contributed by atoms with Crippen LogP contribution in [0.5, 0.6) is 0 Å². The number of benzene rings is 1. The van der Waals surface area contributed by atoms with Gasteiger partial charge >= 0.3 is 5.97 Å². The molecular weight excluding hydrogens is 245 g/mol. The fourth-order valence-electron chi connectivity index (χ4n) is 1.67. The van der Waals surface area contributed by atoms with E-state index in [2.05, 4.69) is 4.74 Å². The molecule has 0 aliphatic carbocycles. The number of rotatable bonds is 4. The molecule has 5 heteroatoms. The van der Waals surface area contributed by atoms with Crippen molar-refractivity contribution in [2.75, 3.05) is 7.11 Å². The van der Waals surface area contributed by atoms with Crippen molar-refractivity contribution in [2.45, 2.75) is 19.4 Å². The normalized spacial score (nSPS) is 14.2. The Kier molecular flexibility index (Phi) is 4.90. The number of esters is 1. The van der Waals surface area contributed by atoms with Crippen LogP contribution in [0.25, 0.3) is 0 Å². The third-order valence-electron chi connectivity index (χ3n) is 2.71. The molecular formula is C12H15ClFNO2. The van der Waals surface area contributed by atoms with Crippen LogP contribution < -0.4 is 5.73 Å². The first kappa shape index (κ1) is 13.9. The molecule has 1 aromatic rings. The molecule has 1 rings (SSSR count). The van der Waals surface area contributed by atoms with Crippen molar-refractivity contribution in [3.8, 4) is 0 Å². The highest BCUT2D eigenvalue weighted by molar-refractivity contribution is 6.30. The van der Waals surface area contributed by atoms with Gasteiger partial charge in [0.25, 0.3) is 0 Å². The molecule has 1 aromatic carbocycles. The van der Waals surface area contributed by atoms with Gasteiger partial charge in [-0.05, 0) is 24.1 Å². The van der Waals surface area contributed by atoms with E-state index < -0.39 is 17.8 Å². The second kappa shape index (κ2) is 5.98. The third-order valence-corrected chi connectivity index (χ3v) is 3.00. The maximum absolute atomic E-state index is 13.0. The summed E-state index contributed by atoms with van der Waals surface area (Å²) in [6, 6.07) is 3.65. The van der Waals surface area contributed by atoms with Crippen LogP contribution in [0.4, 0.5) is 4.39 Å². The molecule has 94 valence electrons. The van der Waals surface area contributed by atoms with Crippen molar-refractivity contribution >= 4 is 17.6 Å². The summed E-state index contributed by atoms with van der Waals surface area (Å²) in [4.78, 5) is 11.5. The molecule has 0 radical (unpaired) electrons. The van der Waals surface area contributed by atoms with Crippen LogP contribution in [0.1, 0.15) is 24.9 Å². The first-order chi connectivity index (χ1) is 8.01. The molecule has 0 saturated heterocycles. The Labute approximate surface area is 105 Å². The lowest BCUT2D eigenvalue weighted by atomic mass is 9.92. The van der Waals surface area contributed by atoms with Crippen molar-refractivity contribution in [3.63, 3.8) is 0 Å². The van der Waals surface area contributed by atoms with Crippen molar-refractivity contribution in [1.29, 1.82) is 0 Å². The quantitative estimate of drug-likeness (QED) is 0.846. The predicted molar refractivity (Wildman–Crippen MR) is 64.1 cm³/mol. The van der Waals surface area contributed by atoms with Crippen molar-refractivity contribution in [1.82, 2.24) is 0 Å². The fourth-order valence-corrected chi connectivity index (χ4v) is 1.86. The van der Waals surface area contributed by atoms with Gasteiger partial charge in [0.2, 0.25) is 0 Å². The summed E-state index contributed by atoms with van der Waals surface area (Å²) < 4.78 is 17.7. The number of carbonyl (C=O) groups is 1. The van der Waals surface area contributed by atoms with Crippen LogP contribution >= 0.6 is 11.6 Å². The topological polar surface area (TPSA) is 52.3 Å². The van der Waals surface area contributed by atoms with E-state index in [4.69, 9.17) is 17.3 Å². The lowest BCUT2D eigenvalue weighted by molar-refractivity contribution is -0.146. The monoisotopic (exact) mass is 259 g/mol. The molecule has 0 fully saturated rings.